The molecule has 2 N–H and O–H groups in total. The highest BCUT2D eigenvalue weighted by Crippen LogP contribution is 2.35. The van der Waals surface area contributed by atoms with Crippen LogP contribution in [0.3, 0.4) is 0 Å². The van der Waals surface area contributed by atoms with Crippen molar-refractivity contribution in [2.24, 2.45) is 5.92 Å². The van der Waals surface area contributed by atoms with Crippen LogP contribution in [0.4, 0.5) is 5.69 Å². The van der Waals surface area contributed by atoms with Gasteiger partial charge in [-0.1, -0.05) is 68.4 Å². The molecule has 0 spiro atoms. The summed E-state index contributed by atoms with van der Waals surface area (Å²) in [4.78, 5) is 42.9. The molecule has 8 heteroatoms. The van der Waals surface area contributed by atoms with E-state index in [0.29, 0.717) is 33.3 Å². The third-order valence-corrected chi connectivity index (χ3v) is 7.19. The van der Waals surface area contributed by atoms with Crippen molar-refractivity contribution >= 4 is 46.6 Å². The van der Waals surface area contributed by atoms with Crippen molar-refractivity contribution in [1.82, 2.24) is 10.2 Å². The fraction of sp³-hybridized carbons (Fsp3) is 0.444. The van der Waals surface area contributed by atoms with E-state index in [2.05, 4.69) is 10.6 Å². The maximum Gasteiger partial charge on any atom is 0.257 e. The van der Waals surface area contributed by atoms with Gasteiger partial charge in [-0.05, 0) is 61.1 Å². The molecule has 1 saturated carbocycles. The second-order valence-corrected chi connectivity index (χ2v) is 10.7. The molecule has 6 nitrogen and oxygen atoms in total. The van der Waals surface area contributed by atoms with E-state index in [9.17, 15) is 14.4 Å². The highest BCUT2D eigenvalue weighted by molar-refractivity contribution is 6.31. The average molecular weight is 516 g/mol. The Hall–Kier alpha value is -2.57. The van der Waals surface area contributed by atoms with E-state index >= 15 is 0 Å². The van der Waals surface area contributed by atoms with Crippen molar-refractivity contribution in [1.29, 1.82) is 0 Å². The van der Waals surface area contributed by atoms with Crippen molar-refractivity contribution in [2.45, 2.75) is 70.5 Å². The molecule has 1 aliphatic heterocycles. The molecule has 1 aliphatic carbocycles. The maximum atomic E-state index is 14.0. The molecule has 0 radical (unpaired) electrons. The fourth-order valence-corrected chi connectivity index (χ4v) is 5.30. The fourth-order valence-electron chi connectivity index (χ4n) is 5.00. The third kappa shape index (κ3) is 5.81. The summed E-state index contributed by atoms with van der Waals surface area (Å²) in [5.41, 5.74) is 1.26. The summed E-state index contributed by atoms with van der Waals surface area (Å²) in [7, 11) is 0. The number of hydrogen-bond donors (Lipinski definition) is 2. The zero-order valence-electron chi connectivity index (χ0n) is 20.0. The summed E-state index contributed by atoms with van der Waals surface area (Å²) < 4.78 is 0. The van der Waals surface area contributed by atoms with Crippen molar-refractivity contribution in [3.05, 3.63) is 63.6 Å². The first-order valence-corrected chi connectivity index (χ1v) is 13.0. The Labute approximate surface area is 216 Å². The lowest BCUT2D eigenvalue weighted by molar-refractivity contribution is -0.130. The Morgan fingerprint density at radius 2 is 1.69 bits per heavy atom. The molecule has 186 valence electrons. The SMILES string of the molecule is CC(C)CC1C(=O)Nc2cc(Cl)ccc2C(=O)N1C(C(=O)NC1CCCCC1)c1ccc(Cl)cc1. The van der Waals surface area contributed by atoms with Gasteiger partial charge in [0.15, 0.2) is 0 Å². The second-order valence-electron chi connectivity index (χ2n) is 9.83. The zero-order chi connectivity index (χ0) is 25.1. The number of amides is 3. The highest BCUT2D eigenvalue weighted by Gasteiger charge is 2.43. The van der Waals surface area contributed by atoms with Crippen molar-refractivity contribution in [3.63, 3.8) is 0 Å². The quantitative estimate of drug-likeness (QED) is 0.495. The largest absolute Gasteiger partial charge is 0.351 e. The van der Waals surface area contributed by atoms with Crippen molar-refractivity contribution < 1.29 is 14.4 Å². The molecular weight excluding hydrogens is 485 g/mol. The summed E-state index contributed by atoms with van der Waals surface area (Å²) in [5.74, 6) is -0.901. The summed E-state index contributed by atoms with van der Waals surface area (Å²) in [6.45, 7) is 3.98. The van der Waals surface area contributed by atoms with Gasteiger partial charge in [0.2, 0.25) is 11.8 Å². The standard InChI is InChI=1S/C27H31Cl2N3O3/c1-16(2)14-23-25(33)31-22-15-19(29)12-13-21(22)27(35)32(23)24(17-8-10-18(28)11-9-17)26(34)30-20-6-4-3-5-7-20/h8-13,15-16,20,23-24H,3-7,14H2,1-2H3,(H,30,34)(H,31,33). The molecule has 0 saturated heterocycles. The topological polar surface area (TPSA) is 78.5 Å². The van der Waals surface area contributed by atoms with Gasteiger partial charge in [-0.2, -0.15) is 0 Å². The number of anilines is 1. The van der Waals surface area contributed by atoms with E-state index in [-0.39, 0.29) is 29.7 Å². The van der Waals surface area contributed by atoms with Crippen LogP contribution in [0.1, 0.15) is 74.3 Å². The van der Waals surface area contributed by atoms with Gasteiger partial charge in [0.05, 0.1) is 11.3 Å². The predicted molar refractivity (Wildman–Crippen MR) is 139 cm³/mol. The number of halogens is 2. The maximum absolute atomic E-state index is 14.0. The molecule has 1 heterocycles. The smallest absolute Gasteiger partial charge is 0.257 e. The lowest BCUT2D eigenvalue weighted by Gasteiger charge is -2.37. The predicted octanol–water partition coefficient (Wildman–Crippen LogP) is 5.99. The van der Waals surface area contributed by atoms with Crippen LogP contribution >= 0.6 is 23.2 Å². The first kappa shape index (κ1) is 25.5. The molecule has 2 aliphatic rings. The summed E-state index contributed by atoms with van der Waals surface area (Å²) >= 11 is 12.3. The lowest BCUT2D eigenvalue weighted by Crippen LogP contribution is -2.53. The van der Waals surface area contributed by atoms with Gasteiger partial charge in [0, 0.05) is 16.1 Å². The molecule has 35 heavy (non-hydrogen) atoms. The van der Waals surface area contributed by atoms with E-state index in [0.717, 1.165) is 32.1 Å². The number of nitrogens with one attached hydrogen (secondary N) is 2. The lowest BCUT2D eigenvalue weighted by atomic mass is 9.93. The number of nitrogens with zero attached hydrogens (tertiary/aromatic N) is 1. The van der Waals surface area contributed by atoms with Gasteiger partial charge in [-0.3, -0.25) is 14.4 Å². The molecule has 1 fully saturated rings. The first-order chi connectivity index (χ1) is 16.7. The van der Waals surface area contributed by atoms with E-state index in [1.165, 1.54) is 4.90 Å². The zero-order valence-corrected chi connectivity index (χ0v) is 21.5. The van der Waals surface area contributed by atoms with Crippen LogP contribution in [-0.4, -0.2) is 34.7 Å². The monoisotopic (exact) mass is 515 g/mol. The minimum atomic E-state index is -0.988. The van der Waals surface area contributed by atoms with Crippen LogP contribution in [0.25, 0.3) is 0 Å². The molecule has 0 bridgehead atoms. The molecular formula is C27H31Cl2N3O3. The molecule has 4 rings (SSSR count). The number of carbonyl (C=O) groups excluding carboxylic acids is 3. The van der Waals surface area contributed by atoms with Gasteiger partial charge in [-0.25, -0.2) is 0 Å². The molecule has 2 unspecified atom stereocenters. The van der Waals surface area contributed by atoms with Gasteiger partial charge in [-0.15, -0.1) is 0 Å². The van der Waals surface area contributed by atoms with Gasteiger partial charge >= 0.3 is 0 Å². The van der Waals surface area contributed by atoms with Gasteiger partial charge in [0.1, 0.15) is 12.1 Å². The van der Waals surface area contributed by atoms with Crippen molar-refractivity contribution in [3.8, 4) is 0 Å². The summed E-state index contributed by atoms with van der Waals surface area (Å²) in [5, 5.41) is 6.99. The Bertz CT molecular complexity index is 1100. The molecule has 0 aromatic heterocycles. The van der Waals surface area contributed by atoms with Crippen LogP contribution in [0.15, 0.2) is 42.5 Å². The molecule has 2 atom stereocenters. The molecule has 2 aromatic rings. The number of rotatable bonds is 6. The number of carbonyl (C=O) groups is 3. The highest BCUT2D eigenvalue weighted by atomic mass is 35.5. The minimum Gasteiger partial charge on any atom is -0.351 e. The molecule has 2 aromatic carbocycles. The minimum absolute atomic E-state index is 0.0524. The summed E-state index contributed by atoms with van der Waals surface area (Å²) in [6, 6.07) is 9.91. The Balaban J connectivity index is 1.82. The Morgan fingerprint density at radius 1 is 1.03 bits per heavy atom. The van der Waals surface area contributed by atoms with E-state index in [1.807, 2.05) is 13.8 Å². The molecule has 3 amide bonds. The number of fused-ring (bicyclic) bond motifs is 1. The second kappa shape index (κ2) is 11.0. The van der Waals surface area contributed by atoms with Crippen LogP contribution < -0.4 is 10.6 Å². The van der Waals surface area contributed by atoms with E-state index in [1.54, 1.807) is 42.5 Å². The average Bonchev–Trinajstić information content (AvgIpc) is 2.90. The third-order valence-electron chi connectivity index (χ3n) is 6.70. The van der Waals surface area contributed by atoms with Gasteiger partial charge in [0.25, 0.3) is 5.91 Å². The van der Waals surface area contributed by atoms with Crippen LogP contribution in [0.5, 0.6) is 0 Å². The number of benzene rings is 2. The van der Waals surface area contributed by atoms with E-state index in [4.69, 9.17) is 23.2 Å². The van der Waals surface area contributed by atoms with Crippen molar-refractivity contribution in [2.75, 3.05) is 5.32 Å². The Morgan fingerprint density at radius 3 is 2.34 bits per heavy atom. The van der Waals surface area contributed by atoms with Crippen LogP contribution in [-0.2, 0) is 9.59 Å². The Kier molecular flexibility index (Phi) is 8.02. The van der Waals surface area contributed by atoms with Crippen LogP contribution in [0, 0.1) is 5.92 Å². The van der Waals surface area contributed by atoms with Gasteiger partial charge < -0.3 is 15.5 Å². The first-order valence-electron chi connectivity index (χ1n) is 12.2. The van der Waals surface area contributed by atoms with Crippen LogP contribution in [0.2, 0.25) is 10.0 Å². The number of hydrogen-bond acceptors (Lipinski definition) is 3. The van der Waals surface area contributed by atoms with E-state index < -0.39 is 12.1 Å². The normalized spacial score (nSPS) is 19.7. The summed E-state index contributed by atoms with van der Waals surface area (Å²) in [6.07, 6.45) is 5.50.